The molecule has 0 aromatic heterocycles. The van der Waals surface area contributed by atoms with Gasteiger partial charge in [-0.2, -0.15) is 5.48 Å². The molecule has 0 saturated heterocycles. The van der Waals surface area contributed by atoms with Gasteiger partial charge in [0, 0.05) is 11.6 Å². The lowest BCUT2D eigenvalue weighted by molar-refractivity contribution is 0.0269. The molecule has 0 fully saturated rings. The molecule has 0 spiro atoms. The van der Waals surface area contributed by atoms with E-state index in [-0.39, 0.29) is 17.2 Å². The van der Waals surface area contributed by atoms with Crippen LogP contribution in [0.2, 0.25) is 5.02 Å². The summed E-state index contributed by atoms with van der Waals surface area (Å²) in [7, 11) is 1.55. The molecule has 5 heteroatoms. The van der Waals surface area contributed by atoms with Gasteiger partial charge in [-0.05, 0) is 12.5 Å². The molecule has 1 aromatic carbocycles. The fourth-order valence-corrected chi connectivity index (χ4v) is 2.27. The number of hydrogen-bond acceptors (Lipinski definition) is 3. The lowest BCUT2D eigenvalue weighted by Crippen LogP contribution is -2.30. The Labute approximate surface area is 105 Å². The number of hydroxylamine groups is 1. The van der Waals surface area contributed by atoms with Crippen LogP contribution in [0.25, 0.3) is 0 Å². The molecule has 0 radical (unpaired) electrons. The largest absolute Gasteiger partial charge is 0.488 e. The van der Waals surface area contributed by atoms with E-state index in [0.717, 1.165) is 18.4 Å². The van der Waals surface area contributed by atoms with Crippen LogP contribution in [0.3, 0.4) is 0 Å². The lowest BCUT2D eigenvalue weighted by Gasteiger charge is -2.18. The highest BCUT2D eigenvalue weighted by Crippen LogP contribution is 2.40. The molecule has 1 aliphatic rings. The van der Waals surface area contributed by atoms with Gasteiger partial charge in [-0.25, -0.2) is 4.39 Å². The van der Waals surface area contributed by atoms with Crippen LogP contribution in [0.5, 0.6) is 5.75 Å². The van der Waals surface area contributed by atoms with Crippen molar-refractivity contribution in [1.82, 2.24) is 5.48 Å². The van der Waals surface area contributed by atoms with Crippen molar-refractivity contribution >= 4 is 11.6 Å². The molecule has 1 aromatic rings. The number of benzene rings is 1. The van der Waals surface area contributed by atoms with Crippen LogP contribution in [0.15, 0.2) is 12.1 Å². The Morgan fingerprint density at radius 3 is 2.94 bits per heavy atom. The maximum Gasteiger partial charge on any atom is 0.145 e. The fraction of sp³-hybridized carbons (Fsp3) is 0.500. The van der Waals surface area contributed by atoms with Gasteiger partial charge in [0.25, 0.3) is 0 Å². The first kappa shape index (κ1) is 12.6. The van der Waals surface area contributed by atoms with Crippen molar-refractivity contribution in [3.8, 4) is 5.75 Å². The second-order valence-electron chi connectivity index (χ2n) is 4.05. The fourth-order valence-electron chi connectivity index (χ4n) is 2.10. The topological polar surface area (TPSA) is 30.5 Å². The highest BCUT2D eigenvalue weighted by molar-refractivity contribution is 6.30. The Morgan fingerprint density at radius 2 is 2.29 bits per heavy atom. The normalized spacial score (nSPS) is 22.4. The van der Waals surface area contributed by atoms with E-state index >= 15 is 0 Å². The summed E-state index contributed by atoms with van der Waals surface area (Å²) >= 11 is 5.78. The van der Waals surface area contributed by atoms with Crippen molar-refractivity contribution < 1.29 is 14.0 Å². The van der Waals surface area contributed by atoms with Crippen molar-refractivity contribution in [3.63, 3.8) is 0 Å². The first-order chi connectivity index (χ1) is 8.17. The van der Waals surface area contributed by atoms with E-state index in [1.54, 1.807) is 13.2 Å². The molecule has 0 bridgehead atoms. The molecule has 0 saturated carbocycles. The highest BCUT2D eigenvalue weighted by Gasteiger charge is 2.34. The molecule has 1 aliphatic heterocycles. The number of halogens is 2. The molecular formula is C12H15ClFNO2. The van der Waals surface area contributed by atoms with Crippen LogP contribution in [0.1, 0.15) is 31.4 Å². The summed E-state index contributed by atoms with van der Waals surface area (Å²) in [4.78, 5) is 4.96. The summed E-state index contributed by atoms with van der Waals surface area (Å²) in [5, 5.41) is 0.104. The SMILES string of the molecule is CCCC1Oc2cc(F)c(Cl)cc2C1NOC. The van der Waals surface area contributed by atoms with Crippen molar-refractivity contribution in [2.75, 3.05) is 7.11 Å². The molecular weight excluding hydrogens is 245 g/mol. The van der Waals surface area contributed by atoms with Gasteiger partial charge in [0.1, 0.15) is 17.7 Å². The van der Waals surface area contributed by atoms with Gasteiger partial charge in [-0.3, -0.25) is 0 Å². The average Bonchev–Trinajstić information content (AvgIpc) is 2.59. The Hall–Kier alpha value is -0.840. The van der Waals surface area contributed by atoms with E-state index in [9.17, 15) is 4.39 Å². The minimum Gasteiger partial charge on any atom is -0.488 e. The Kier molecular flexibility index (Phi) is 3.86. The van der Waals surface area contributed by atoms with Crippen LogP contribution in [-0.4, -0.2) is 13.2 Å². The summed E-state index contributed by atoms with van der Waals surface area (Å²) in [5.74, 6) is 0.0821. The monoisotopic (exact) mass is 259 g/mol. The molecule has 3 nitrogen and oxygen atoms in total. The predicted octanol–water partition coefficient (Wildman–Crippen LogP) is 3.23. The van der Waals surface area contributed by atoms with Crippen LogP contribution in [0.4, 0.5) is 4.39 Å². The quantitative estimate of drug-likeness (QED) is 0.842. The Bertz CT molecular complexity index is 414. The minimum atomic E-state index is -0.460. The summed E-state index contributed by atoms with van der Waals surface area (Å²) in [5.41, 5.74) is 3.72. The van der Waals surface area contributed by atoms with E-state index in [2.05, 4.69) is 12.4 Å². The molecule has 2 atom stereocenters. The van der Waals surface area contributed by atoms with E-state index in [0.29, 0.717) is 5.75 Å². The molecule has 1 heterocycles. The number of rotatable bonds is 4. The van der Waals surface area contributed by atoms with Crippen LogP contribution < -0.4 is 10.2 Å². The molecule has 1 N–H and O–H groups in total. The van der Waals surface area contributed by atoms with Crippen molar-refractivity contribution in [2.45, 2.75) is 31.9 Å². The summed E-state index contributed by atoms with van der Waals surface area (Å²) in [6, 6.07) is 2.82. The third kappa shape index (κ3) is 2.39. The number of fused-ring (bicyclic) bond motifs is 1. The molecule has 94 valence electrons. The van der Waals surface area contributed by atoms with Crippen molar-refractivity contribution in [2.24, 2.45) is 0 Å². The zero-order valence-electron chi connectivity index (χ0n) is 9.80. The average molecular weight is 260 g/mol. The van der Waals surface area contributed by atoms with Gasteiger partial charge >= 0.3 is 0 Å². The molecule has 0 aliphatic carbocycles. The van der Waals surface area contributed by atoms with E-state index in [1.807, 2.05) is 0 Å². The summed E-state index contributed by atoms with van der Waals surface area (Å²) in [6.45, 7) is 2.07. The minimum absolute atomic E-state index is 0.0483. The van der Waals surface area contributed by atoms with Crippen LogP contribution >= 0.6 is 11.6 Å². The van der Waals surface area contributed by atoms with Gasteiger partial charge in [-0.15, -0.1) is 0 Å². The van der Waals surface area contributed by atoms with E-state index in [4.69, 9.17) is 21.2 Å². The Balaban J connectivity index is 2.32. The molecule has 0 amide bonds. The number of hydrogen-bond donors (Lipinski definition) is 1. The molecule has 2 rings (SSSR count). The zero-order valence-corrected chi connectivity index (χ0v) is 10.6. The summed E-state index contributed by atoms with van der Waals surface area (Å²) < 4.78 is 19.0. The third-order valence-corrected chi connectivity index (χ3v) is 3.15. The van der Waals surface area contributed by atoms with Gasteiger partial charge in [0.2, 0.25) is 0 Å². The van der Waals surface area contributed by atoms with E-state index < -0.39 is 5.82 Å². The molecule has 17 heavy (non-hydrogen) atoms. The molecule has 2 unspecified atom stereocenters. The zero-order chi connectivity index (χ0) is 12.4. The first-order valence-electron chi connectivity index (χ1n) is 5.61. The Morgan fingerprint density at radius 1 is 1.53 bits per heavy atom. The van der Waals surface area contributed by atoms with Gasteiger partial charge < -0.3 is 9.57 Å². The van der Waals surface area contributed by atoms with Gasteiger partial charge in [-0.1, -0.05) is 24.9 Å². The summed E-state index contributed by atoms with van der Waals surface area (Å²) in [6.07, 6.45) is 1.80. The standard InChI is InChI=1S/C12H15ClFNO2/c1-3-4-10-12(15-16-2)7-5-8(13)9(14)6-11(7)17-10/h5-6,10,12,15H,3-4H2,1-2H3. The van der Waals surface area contributed by atoms with Crippen molar-refractivity contribution in [3.05, 3.63) is 28.5 Å². The highest BCUT2D eigenvalue weighted by atomic mass is 35.5. The first-order valence-corrected chi connectivity index (χ1v) is 5.99. The lowest BCUT2D eigenvalue weighted by atomic mass is 10.0. The third-order valence-electron chi connectivity index (χ3n) is 2.86. The maximum atomic E-state index is 13.3. The van der Waals surface area contributed by atoms with Crippen LogP contribution in [0, 0.1) is 5.82 Å². The van der Waals surface area contributed by atoms with Crippen molar-refractivity contribution in [1.29, 1.82) is 0 Å². The van der Waals surface area contributed by atoms with Gasteiger partial charge in [0.05, 0.1) is 18.2 Å². The second-order valence-corrected chi connectivity index (χ2v) is 4.46. The predicted molar refractivity (Wildman–Crippen MR) is 63.6 cm³/mol. The maximum absolute atomic E-state index is 13.3. The number of nitrogens with one attached hydrogen (secondary N) is 1. The smallest absolute Gasteiger partial charge is 0.145 e. The van der Waals surface area contributed by atoms with Crippen LogP contribution in [-0.2, 0) is 4.84 Å². The van der Waals surface area contributed by atoms with E-state index in [1.165, 1.54) is 6.07 Å². The second kappa shape index (κ2) is 5.21. The van der Waals surface area contributed by atoms with Gasteiger partial charge in [0.15, 0.2) is 0 Å². The number of ether oxygens (including phenoxy) is 1.